The second-order valence-electron chi connectivity index (χ2n) is 3.98. The van der Waals surface area contributed by atoms with Crippen molar-refractivity contribution in [3.63, 3.8) is 0 Å². The minimum absolute atomic E-state index is 0.146. The van der Waals surface area contributed by atoms with E-state index < -0.39 is 0 Å². The fourth-order valence-corrected chi connectivity index (χ4v) is 1.54. The average molecular weight is 230 g/mol. The van der Waals surface area contributed by atoms with Gasteiger partial charge in [-0.25, -0.2) is 0 Å². The molecule has 0 aliphatic carbocycles. The van der Waals surface area contributed by atoms with E-state index in [2.05, 4.69) is 17.1 Å². The Kier molecular flexibility index (Phi) is 9.24. The number of nitrogens with one attached hydrogen (secondary N) is 1. The number of hydrogen-bond donors (Lipinski definition) is 1. The molecule has 96 valence electrons. The smallest absolute Gasteiger partial charge is 0.324 e. The van der Waals surface area contributed by atoms with Crippen LogP contribution in [0.25, 0.3) is 0 Å². The van der Waals surface area contributed by atoms with Gasteiger partial charge in [0.2, 0.25) is 0 Å². The first-order valence-corrected chi connectivity index (χ1v) is 6.24. The summed E-state index contributed by atoms with van der Waals surface area (Å²) >= 11 is 0. The molecule has 0 bridgehead atoms. The number of esters is 1. The summed E-state index contributed by atoms with van der Waals surface area (Å²) in [5.74, 6) is -0.146. The predicted molar refractivity (Wildman–Crippen MR) is 66.5 cm³/mol. The van der Waals surface area contributed by atoms with E-state index in [4.69, 9.17) is 4.74 Å². The van der Waals surface area contributed by atoms with Crippen molar-refractivity contribution in [1.82, 2.24) is 10.2 Å². The third kappa shape index (κ3) is 6.80. The molecule has 0 fully saturated rings. The lowest BCUT2D eigenvalue weighted by Crippen LogP contribution is -2.46. The van der Waals surface area contributed by atoms with E-state index in [0.717, 1.165) is 19.5 Å². The highest BCUT2D eigenvalue weighted by Crippen LogP contribution is 1.97. The van der Waals surface area contributed by atoms with Crippen LogP contribution < -0.4 is 5.32 Å². The maximum atomic E-state index is 11.6. The van der Waals surface area contributed by atoms with Crippen molar-refractivity contribution < 1.29 is 9.53 Å². The second-order valence-corrected chi connectivity index (χ2v) is 3.98. The van der Waals surface area contributed by atoms with Crippen LogP contribution >= 0.6 is 0 Å². The molecule has 0 rings (SSSR count). The van der Waals surface area contributed by atoms with E-state index in [1.165, 1.54) is 6.42 Å². The number of rotatable bonds is 9. The van der Waals surface area contributed by atoms with Gasteiger partial charge in [-0.1, -0.05) is 20.3 Å². The Hall–Kier alpha value is -0.610. The van der Waals surface area contributed by atoms with Crippen LogP contribution in [-0.4, -0.2) is 50.2 Å². The maximum Gasteiger partial charge on any atom is 0.324 e. The van der Waals surface area contributed by atoms with Gasteiger partial charge >= 0.3 is 5.97 Å². The van der Waals surface area contributed by atoms with Gasteiger partial charge in [-0.3, -0.25) is 4.79 Å². The van der Waals surface area contributed by atoms with Gasteiger partial charge in [0.1, 0.15) is 6.04 Å². The predicted octanol–water partition coefficient (Wildman–Crippen LogP) is 1.26. The summed E-state index contributed by atoms with van der Waals surface area (Å²) in [5, 5.41) is 3.16. The number of ether oxygens (including phenoxy) is 1. The molecule has 0 amide bonds. The van der Waals surface area contributed by atoms with E-state index in [1.807, 2.05) is 20.9 Å². The normalized spacial score (nSPS) is 12.8. The van der Waals surface area contributed by atoms with Crippen LogP contribution in [0.4, 0.5) is 0 Å². The van der Waals surface area contributed by atoms with Crippen molar-refractivity contribution in [3.05, 3.63) is 0 Å². The molecule has 4 nitrogen and oxygen atoms in total. The molecule has 0 saturated heterocycles. The van der Waals surface area contributed by atoms with Gasteiger partial charge in [-0.05, 0) is 33.5 Å². The fraction of sp³-hybridized carbons (Fsp3) is 0.917. The zero-order valence-electron chi connectivity index (χ0n) is 11.1. The van der Waals surface area contributed by atoms with Gasteiger partial charge < -0.3 is 15.0 Å². The highest BCUT2D eigenvalue weighted by Gasteiger charge is 2.19. The monoisotopic (exact) mass is 230 g/mol. The molecule has 1 unspecified atom stereocenters. The lowest BCUT2D eigenvalue weighted by atomic mass is 10.2. The Morgan fingerprint density at radius 2 is 2.06 bits per heavy atom. The Labute approximate surface area is 99.3 Å². The molecule has 0 aromatic heterocycles. The highest BCUT2D eigenvalue weighted by atomic mass is 16.5. The summed E-state index contributed by atoms with van der Waals surface area (Å²) < 4.78 is 5.03. The molecule has 0 heterocycles. The molecule has 0 spiro atoms. The summed E-state index contributed by atoms with van der Waals surface area (Å²) in [7, 11) is 2.04. The summed E-state index contributed by atoms with van der Waals surface area (Å²) in [6.07, 6.45) is 2.34. The standard InChI is InChI=1S/C12H26N2O2/c1-5-8-9-14(4)10-11(13-6-2)12(15)16-7-3/h11,13H,5-10H2,1-4H3. The van der Waals surface area contributed by atoms with Crippen LogP contribution in [0.2, 0.25) is 0 Å². The van der Waals surface area contributed by atoms with Crippen LogP contribution in [-0.2, 0) is 9.53 Å². The van der Waals surface area contributed by atoms with Crippen molar-refractivity contribution >= 4 is 5.97 Å². The van der Waals surface area contributed by atoms with Gasteiger partial charge in [0.25, 0.3) is 0 Å². The van der Waals surface area contributed by atoms with Crippen molar-refractivity contribution in [2.45, 2.75) is 39.7 Å². The molecule has 1 N–H and O–H groups in total. The Balaban J connectivity index is 4.04. The summed E-state index contributed by atoms with van der Waals surface area (Å²) in [6.45, 7) is 8.97. The Bertz CT molecular complexity index is 186. The van der Waals surface area contributed by atoms with Crippen LogP contribution in [0.15, 0.2) is 0 Å². The number of likely N-dealkylation sites (N-methyl/N-ethyl adjacent to an activating group) is 2. The van der Waals surface area contributed by atoms with Crippen LogP contribution in [0, 0.1) is 0 Å². The summed E-state index contributed by atoms with van der Waals surface area (Å²) in [5.41, 5.74) is 0. The lowest BCUT2D eigenvalue weighted by Gasteiger charge is -2.23. The average Bonchev–Trinajstić information content (AvgIpc) is 2.26. The second kappa shape index (κ2) is 9.60. The van der Waals surface area contributed by atoms with Gasteiger partial charge in [0.05, 0.1) is 6.61 Å². The van der Waals surface area contributed by atoms with Gasteiger partial charge in [0.15, 0.2) is 0 Å². The van der Waals surface area contributed by atoms with Crippen molar-refractivity contribution in [2.24, 2.45) is 0 Å². The molecule has 0 aliphatic rings. The first kappa shape index (κ1) is 15.4. The first-order valence-electron chi connectivity index (χ1n) is 6.24. The fourth-order valence-electron chi connectivity index (χ4n) is 1.54. The zero-order valence-corrected chi connectivity index (χ0v) is 11.1. The molecule has 0 aromatic rings. The highest BCUT2D eigenvalue weighted by molar-refractivity contribution is 5.76. The van der Waals surface area contributed by atoms with E-state index in [1.54, 1.807) is 0 Å². The molecule has 0 saturated carbocycles. The third-order valence-electron chi connectivity index (χ3n) is 2.41. The molecular weight excluding hydrogens is 204 g/mol. The first-order chi connectivity index (χ1) is 7.65. The number of hydrogen-bond acceptors (Lipinski definition) is 4. The Morgan fingerprint density at radius 3 is 2.56 bits per heavy atom. The number of unbranched alkanes of at least 4 members (excludes halogenated alkanes) is 1. The van der Waals surface area contributed by atoms with Crippen LogP contribution in [0.1, 0.15) is 33.6 Å². The topological polar surface area (TPSA) is 41.6 Å². The molecule has 0 radical (unpaired) electrons. The van der Waals surface area contributed by atoms with Gasteiger partial charge in [-0.15, -0.1) is 0 Å². The van der Waals surface area contributed by atoms with Gasteiger partial charge in [-0.2, -0.15) is 0 Å². The quantitative estimate of drug-likeness (QED) is 0.606. The molecule has 16 heavy (non-hydrogen) atoms. The molecule has 1 atom stereocenters. The largest absolute Gasteiger partial charge is 0.465 e. The van der Waals surface area contributed by atoms with Crippen molar-refractivity contribution in [2.75, 3.05) is 33.3 Å². The van der Waals surface area contributed by atoms with Crippen molar-refractivity contribution in [1.29, 1.82) is 0 Å². The molecule has 0 aromatic carbocycles. The number of carbonyl (C=O) groups is 1. The number of nitrogens with zero attached hydrogens (tertiary/aromatic N) is 1. The third-order valence-corrected chi connectivity index (χ3v) is 2.41. The summed E-state index contributed by atoms with van der Waals surface area (Å²) in [6, 6.07) is -0.202. The minimum Gasteiger partial charge on any atom is -0.465 e. The van der Waals surface area contributed by atoms with E-state index in [-0.39, 0.29) is 12.0 Å². The molecular formula is C12H26N2O2. The van der Waals surface area contributed by atoms with E-state index in [0.29, 0.717) is 13.2 Å². The zero-order chi connectivity index (χ0) is 12.4. The number of carbonyl (C=O) groups excluding carboxylic acids is 1. The SMILES string of the molecule is CCCCN(C)CC(NCC)C(=O)OCC. The maximum absolute atomic E-state index is 11.6. The van der Waals surface area contributed by atoms with Gasteiger partial charge in [0, 0.05) is 6.54 Å². The lowest BCUT2D eigenvalue weighted by molar-refractivity contribution is -0.146. The van der Waals surface area contributed by atoms with Crippen molar-refractivity contribution in [3.8, 4) is 0 Å². The molecule has 0 aliphatic heterocycles. The summed E-state index contributed by atoms with van der Waals surface area (Å²) in [4.78, 5) is 13.8. The molecule has 4 heteroatoms. The van der Waals surface area contributed by atoms with E-state index >= 15 is 0 Å². The van der Waals surface area contributed by atoms with Crippen LogP contribution in [0.3, 0.4) is 0 Å². The van der Waals surface area contributed by atoms with Crippen LogP contribution in [0.5, 0.6) is 0 Å². The van der Waals surface area contributed by atoms with E-state index in [9.17, 15) is 4.79 Å². The minimum atomic E-state index is -0.202. The Morgan fingerprint density at radius 1 is 1.38 bits per heavy atom.